The first-order valence-electron chi connectivity index (χ1n) is 9.87. The van der Waals surface area contributed by atoms with E-state index in [1.165, 1.54) is 0 Å². The van der Waals surface area contributed by atoms with Gasteiger partial charge in [-0.1, -0.05) is 19.0 Å². The van der Waals surface area contributed by atoms with Crippen LogP contribution >= 0.6 is 0 Å². The molecule has 0 atom stereocenters. The Morgan fingerprint density at radius 3 is 2.75 bits per heavy atom. The van der Waals surface area contributed by atoms with Crippen LogP contribution in [0.4, 0.5) is 5.69 Å². The van der Waals surface area contributed by atoms with Gasteiger partial charge >= 0.3 is 0 Å². The number of carbonyl (C=O) groups is 1. The molecule has 0 unspecified atom stereocenters. The zero-order chi connectivity index (χ0) is 20.4. The average molecular weight is 380 g/mol. The van der Waals surface area contributed by atoms with Gasteiger partial charge in [0.2, 0.25) is 0 Å². The minimum Gasteiger partial charge on any atom is -0.359 e. The van der Waals surface area contributed by atoms with Gasteiger partial charge in [0, 0.05) is 23.9 Å². The summed E-state index contributed by atoms with van der Waals surface area (Å²) < 4.78 is 7.61. The van der Waals surface area contributed by atoms with Gasteiger partial charge in [0.1, 0.15) is 23.0 Å². The molecule has 1 aliphatic carbocycles. The molecule has 28 heavy (non-hydrogen) atoms. The van der Waals surface area contributed by atoms with Crippen LogP contribution in [0, 0.1) is 38.0 Å². The summed E-state index contributed by atoms with van der Waals surface area (Å²) >= 11 is 0. The highest BCUT2D eigenvalue weighted by molar-refractivity contribution is 6.10. The molecule has 1 aliphatic rings. The molecular weight excluding hydrogens is 352 g/mol. The van der Waals surface area contributed by atoms with Gasteiger partial charge in [0.15, 0.2) is 5.76 Å². The largest absolute Gasteiger partial charge is 0.359 e. The van der Waals surface area contributed by atoms with Gasteiger partial charge in [-0.05, 0) is 63.7 Å². The first-order valence-corrected chi connectivity index (χ1v) is 9.87. The Morgan fingerprint density at radius 1 is 1.43 bits per heavy atom. The van der Waals surface area contributed by atoms with Crippen molar-refractivity contribution in [3.63, 3.8) is 0 Å². The van der Waals surface area contributed by atoms with E-state index in [1.54, 1.807) is 13.0 Å². The molecule has 2 heterocycles. The molecule has 0 bridgehead atoms. The average Bonchev–Trinajstić information content (AvgIpc) is 3.37. The smallest absolute Gasteiger partial charge is 0.266 e. The van der Waals surface area contributed by atoms with Gasteiger partial charge in [-0.15, -0.1) is 0 Å². The molecule has 1 saturated carbocycles. The highest BCUT2D eigenvalue weighted by atomic mass is 16.5. The summed E-state index contributed by atoms with van der Waals surface area (Å²) in [6, 6.07) is 4.07. The number of anilines is 1. The van der Waals surface area contributed by atoms with Gasteiger partial charge in [-0.3, -0.25) is 4.79 Å². The van der Waals surface area contributed by atoms with Crippen LogP contribution in [0.2, 0.25) is 0 Å². The first-order chi connectivity index (χ1) is 13.3. The van der Waals surface area contributed by atoms with E-state index < -0.39 is 5.91 Å². The van der Waals surface area contributed by atoms with Crippen molar-refractivity contribution in [2.75, 3.05) is 5.32 Å². The number of hydrogen-bond donors (Lipinski definition) is 1. The van der Waals surface area contributed by atoms with Crippen LogP contribution in [0.15, 0.2) is 16.2 Å². The molecule has 2 aromatic heterocycles. The summed E-state index contributed by atoms with van der Waals surface area (Å²) in [6.45, 7) is 11.2. The van der Waals surface area contributed by atoms with Crippen LogP contribution in [0.3, 0.4) is 0 Å². The highest BCUT2D eigenvalue weighted by Gasteiger charge is 2.32. The number of carbonyl (C=O) groups excluding carboxylic acids is 1. The van der Waals surface area contributed by atoms with E-state index in [9.17, 15) is 10.1 Å². The Morgan fingerprint density at radius 2 is 2.14 bits per heavy atom. The molecule has 0 aromatic carbocycles. The van der Waals surface area contributed by atoms with E-state index in [2.05, 4.69) is 35.8 Å². The molecule has 0 saturated heterocycles. The number of rotatable bonds is 7. The van der Waals surface area contributed by atoms with Crippen molar-refractivity contribution in [3.05, 3.63) is 40.0 Å². The van der Waals surface area contributed by atoms with Crippen molar-refractivity contribution in [1.29, 1.82) is 5.26 Å². The van der Waals surface area contributed by atoms with Crippen LogP contribution in [0.25, 0.3) is 6.08 Å². The standard InChI is InChI=1S/C22H28N4O2/c1-13(2)8-9-26-14(3)10-18(16(26)5)11-19(12-23)22(27)24-20-15(4)25-28-21(20)17-6-7-17/h10-11,13,17H,6-9H2,1-5H3,(H,24,27)/b19-11+. The van der Waals surface area contributed by atoms with Crippen molar-refractivity contribution in [3.8, 4) is 6.07 Å². The number of hydrogen-bond acceptors (Lipinski definition) is 4. The van der Waals surface area contributed by atoms with E-state index in [4.69, 9.17) is 4.52 Å². The van der Waals surface area contributed by atoms with Crippen LogP contribution in [0.1, 0.15) is 67.4 Å². The van der Waals surface area contributed by atoms with E-state index in [-0.39, 0.29) is 5.57 Å². The second-order valence-corrected chi connectivity index (χ2v) is 8.07. The Balaban J connectivity index is 1.82. The minimum absolute atomic E-state index is 0.0754. The van der Waals surface area contributed by atoms with E-state index in [0.29, 0.717) is 23.2 Å². The molecule has 1 fully saturated rings. The van der Waals surface area contributed by atoms with E-state index >= 15 is 0 Å². The lowest BCUT2D eigenvalue weighted by molar-refractivity contribution is -0.112. The quantitative estimate of drug-likeness (QED) is 0.548. The SMILES string of the molecule is Cc1noc(C2CC2)c1NC(=O)/C(C#N)=C/c1cc(C)n(CCC(C)C)c1C. The second-order valence-electron chi connectivity index (χ2n) is 8.07. The molecule has 1 amide bonds. The molecule has 2 aromatic rings. The number of nitrogens with one attached hydrogen (secondary N) is 1. The third-order valence-corrected chi connectivity index (χ3v) is 5.28. The lowest BCUT2D eigenvalue weighted by Crippen LogP contribution is -2.14. The Bertz CT molecular complexity index is 952. The summed E-state index contributed by atoms with van der Waals surface area (Å²) in [5.41, 5.74) is 4.42. The molecule has 0 radical (unpaired) electrons. The predicted molar refractivity (Wildman–Crippen MR) is 109 cm³/mol. The maximum atomic E-state index is 12.7. The van der Waals surface area contributed by atoms with Crippen molar-refractivity contribution in [2.24, 2.45) is 5.92 Å². The lowest BCUT2D eigenvalue weighted by Gasteiger charge is -2.11. The summed E-state index contributed by atoms with van der Waals surface area (Å²) in [7, 11) is 0. The topological polar surface area (TPSA) is 83.8 Å². The third kappa shape index (κ3) is 4.19. The van der Waals surface area contributed by atoms with Crippen molar-refractivity contribution in [1.82, 2.24) is 9.72 Å². The summed E-state index contributed by atoms with van der Waals surface area (Å²) in [6.07, 6.45) is 4.84. The zero-order valence-electron chi connectivity index (χ0n) is 17.3. The lowest BCUT2D eigenvalue weighted by atomic mass is 10.1. The molecule has 148 valence electrons. The van der Waals surface area contributed by atoms with Crippen molar-refractivity contribution < 1.29 is 9.32 Å². The molecule has 0 spiro atoms. The maximum absolute atomic E-state index is 12.7. The predicted octanol–water partition coefficient (Wildman–Crippen LogP) is 4.87. The van der Waals surface area contributed by atoms with Gasteiger partial charge < -0.3 is 14.4 Å². The van der Waals surface area contributed by atoms with Crippen LogP contribution in [0.5, 0.6) is 0 Å². The molecule has 1 N–H and O–H groups in total. The van der Waals surface area contributed by atoms with Gasteiger partial charge in [-0.2, -0.15) is 5.26 Å². The highest BCUT2D eigenvalue weighted by Crippen LogP contribution is 2.44. The fourth-order valence-electron chi connectivity index (χ4n) is 3.35. The van der Waals surface area contributed by atoms with Gasteiger partial charge in [0.05, 0.1) is 0 Å². The number of aryl methyl sites for hydroxylation is 2. The van der Waals surface area contributed by atoms with Crippen molar-refractivity contribution in [2.45, 2.75) is 66.3 Å². The number of amides is 1. The molecule has 0 aliphatic heterocycles. The Labute approximate surface area is 166 Å². The summed E-state index contributed by atoms with van der Waals surface area (Å²) in [4.78, 5) is 12.7. The Hall–Kier alpha value is -2.81. The van der Waals surface area contributed by atoms with Crippen LogP contribution in [-0.4, -0.2) is 15.6 Å². The van der Waals surface area contributed by atoms with Crippen molar-refractivity contribution >= 4 is 17.7 Å². The Kier molecular flexibility index (Phi) is 5.73. The van der Waals surface area contributed by atoms with Crippen LogP contribution < -0.4 is 5.32 Å². The van der Waals surface area contributed by atoms with Crippen LogP contribution in [-0.2, 0) is 11.3 Å². The fourth-order valence-corrected chi connectivity index (χ4v) is 3.35. The zero-order valence-corrected chi connectivity index (χ0v) is 17.3. The summed E-state index contributed by atoms with van der Waals surface area (Å²) in [5.74, 6) is 1.23. The monoisotopic (exact) mass is 380 g/mol. The second kappa shape index (κ2) is 8.05. The van der Waals surface area contributed by atoms with Gasteiger partial charge in [-0.25, -0.2) is 0 Å². The molecular formula is C22H28N4O2. The molecule has 6 nitrogen and oxygen atoms in total. The molecule has 6 heteroatoms. The third-order valence-electron chi connectivity index (χ3n) is 5.28. The number of nitriles is 1. The maximum Gasteiger partial charge on any atom is 0.266 e. The van der Waals surface area contributed by atoms with E-state index in [0.717, 1.165) is 48.5 Å². The minimum atomic E-state index is -0.428. The van der Waals surface area contributed by atoms with Gasteiger partial charge in [0.25, 0.3) is 5.91 Å². The summed E-state index contributed by atoms with van der Waals surface area (Å²) in [5, 5.41) is 16.4. The van der Waals surface area contributed by atoms with E-state index in [1.807, 2.05) is 19.1 Å². The molecule has 3 rings (SSSR count). The fraction of sp³-hybridized carbons (Fsp3) is 0.500. The number of aromatic nitrogens is 2. The normalized spacial score (nSPS) is 14.4. The first kappa shape index (κ1) is 19.9. The number of nitrogens with zero attached hydrogens (tertiary/aromatic N) is 3.